The molecule has 0 fully saturated rings. The minimum Gasteiger partial charge on any atom is -0.506 e. The monoisotopic (exact) mass is 506 g/mol. The topological polar surface area (TPSA) is 61.8 Å². The van der Waals surface area contributed by atoms with Crippen molar-refractivity contribution in [3.05, 3.63) is 72.3 Å². The molecule has 0 aromatic carbocycles. The molecule has 0 aliphatic heterocycles. The lowest BCUT2D eigenvalue weighted by Crippen LogP contribution is -2.38. The smallest absolute Gasteiger partial charge is 0.308 e. The van der Waals surface area contributed by atoms with Crippen LogP contribution in [-0.4, -0.2) is 68.9 Å². The van der Waals surface area contributed by atoms with Crippen LogP contribution >= 0.6 is 0 Å². The Hall–Kier alpha value is -3.29. The van der Waals surface area contributed by atoms with Crippen LogP contribution in [0.15, 0.2) is 61.2 Å². The molecular weight excluding hydrogens is 464 g/mol. The van der Waals surface area contributed by atoms with E-state index in [1.807, 2.05) is 65.9 Å². The maximum absolute atomic E-state index is 11.1. The van der Waals surface area contributed by atoms with Gasteiger partial charge in [-0.25, -0.2) is 0 Å². The molecule has 0 saturated heterocycles. The third-order valence-electron chi connectivity index (χ3n) is 6.52. The Morgan fingerprint density at radius 3 is 1.95 bits per heavy atom. The van der Waals surface area contributed by atoms with E-state index in [2.05, 4.69) is 49.6 Å². The second-order valence-electron chi connectivity index (χ2n) is 10.3. The van der Waals surface area contributed by atoms with Gasteiger partial charge in [0.25, 0.3) is 0 Å². The molecule has 0 bridgehead atoms. The van der Waals surface area contributed by atoms with Gasteiger partial charge in [0.1, 0.15) is 5.75 Å². The Morgan fingerprint density at radius 1 is 0.838 bits per heavy atom. The number of carbonyl (C=O) groups is 1. The summed E-state index contributed by atoms with van der Waals surface area (Å²) in [5.74, 6) is 0.703. The van der Waals surface area contributed by atoms with Gasteiger partial charge in [-0.1, -0.05) is 0 Å². The van der Waals surface area contributed by atoms with Gasteiger partial charge >= 0.3 is 5.97 Å². The highest BCUT2D eigenvalue weighted by Crippen LogP contribution is 2.25. The van der Waals surface area contributed by atoms with Crippen molar-refractivity contribution in [1.82, 2.24) is 18.6 Å². The van der Waals surface area contributed by atoms with Gasteiger partial charge in [-0.15, -0.1) is 0 Å². The first-order chi connectivity index (χ1) is 17.6. The Morgan fingerprint density at radius 2 is 1.38 bits per heavy atom. The normalized spacial score (nSPS) is 11.6. The third kappa shape index (κ3) is 7.37. The van der Waals surface area contributed by atoms with Crippen molar-refractivity contribution >= 4 is 17.0 Å². The van der Waals surface area contributed by atoms with Crippen molar-refractivity contribution in [2.45, 2.75) is 59.5 Å². The molecule has 1 N–H and O–H groups in total. The molecule has 0 aliphatic rings. The summed E-state index contributed by atoms with van der Waals surface area (Å²) in [5, 5.41) is 9.99. The predicted octanol–water partition coefficient (Wildman–Crippen LogP) is 5.27. The van der Waals surface area contributed by atoms with Gasteiger partial charge in [0.15, 0.2) is 5.75 Å². The van der Waals surface area contributed by atoms with E-state index in [9.17, 15) is 9.90 Å². The summed E-state index contributed by atoms with van der Waals surface area (Å²) in [6.45, 7) is 12.3. The van der Waals surface area contributed by atoms with E-state index in [0.29, 0.717) is 23.6 Å². The Labute approximate surface area is 220 Å². The SMILES string of the molecule is CC(=O)Oc1cccn2ccc(CCN(C)C)c12.CC(C)N(CCc1ccn2cccc(O)c12)C(C)C. The molecule has 4 heterocycles. The van der Waals surface area contributed by atoms with Crippen molar-refractivity contribution in [3.63, 3.8) is 0 Å². The standard InChI is InChI=1S/C16H24N2O.C14H18N2O2/c1-12(2)18(13(3)4)11-8-14-7-10-17-9-5-6-15(19)16(14)17;1-11(17)18-13-5-4-8-16-10-7-12(14(13)16)6-9-15(2)3/h5-7,9-10,12-13,19H,8,11H2,1-4H3;4-5,7-8,10H,6,9H2,1-3H3. The highest BCUT2D eigenvalue weighted by atomic mass is 16.5. The van der Waals surface area contributed by atoms with E-state index in [1.54, 1.807) is 6.07 Å². The summed E-state index contributed by atoms with van der Waals surface area (Å²) in [6.07, 6.45) is 9.84. The van der Waals surface area contributed by atoms with Crippen LogP contribution in [0.3, 0.4) is 0 Å². The average molecular weight is 507 g/mol. The number of ether oxygens (including phenoxy) is 1. The largest absolute Gasteiger partial charge is 0.506 e. The molecule has 37 heavy (non-hydrogen) atoms. The molecule has 0 atom stereocenters. The first-order valence-corrected chi connectivity index (χ1v) is 13.0. The van der Waals surface area contributed by atoms with Crippen molar-refractivity contribution in [2.75, 3.05) is 27.2 Å². The number of hydrogen-bond donors (Lipinski definition) is 1. The van der Waals surface area contributed by atoms with E-state index in [4.69, 9.17) is 4.74 Å². The number of pyridine rings is 2. The van der Waals surface area contributed by atoms with Crippen LogP contribution in [-0.2, 0) is 17.6 Å². The summed E-state index contributed by atoms with van der Waals surface area (Å²) in [5.41, 5.74) is 4.33. The molecule has 0 aliphatic carbocycles. The number of esters is 1. The van der Waals surface area contributed by atoms with Gasteiger partial charge < -0.3 is 23.5 Å². The maximum atomic E-state index is 11.1. The minimum absolute atomic E-state index is 0.289. The van der Waals surface area contributed by atoms with Gasteiger partial charge in [0.2, 0.25) is 0 Å². The number of fused-ring (bicyclic) bond motifs is 2. The van der Waals surface area contributed by atoms with Crippen LogP contribution in [0.5, 0.6) is 11.5 Å². The van der Waals surface area contributed by atoms with Gasteiger partial charge in [0, 0.05) is 56.9 Å². The summed E-state index contributed by atoms with van der Waals surface area (Å²) >= 11 is 0. The molecule has 4 rings (SSSR count). The molecule has 7 nitrogen and oxygen atoms in total. The fourth-order valence-corrected chi connectivity index (χ4v) is 4.76. The quantitative estimate of drug-likeness (QED) is 0.313. The van der Waals surface area contributed by atoms with Crippen molar-refractivity contribution in [1.29, 1.82) is 0 Å². The molecule has 0 unspecified atom stereocenters. The fraction of sp³-hybridized carbons (Fsp3) is 0.433. The lowest BCUT2D eigenvalue weighted by molar-refractivity contribution is -0.131. The molecular formula is C30H42N4O3. The molecule has 0 amide bonds. The number of likely N-dealkylation sites (N-methyl/N-ethyl adjacent to an activating group) is 1. The van der Waals surface area contributed by atoms with Crippen molar-refractivity contribution < 1.29 is 14.6 Å². The third-order valence-corrected chi connectivity index (χ3v) is 6.52. The van der Waals surface area contributed by atoms with E-state index in [-0.39, 0.29) is 5.97 Å². The second kappa shape index (κ2) is 12.8. The summed E-state index contributed by atoms with van der Waals surface area (Å²) in [4.78, 5) is 15.7. The summed E-state index contributed by atoms with van der Waals surface area (Å²) in [7, 11) is 4.09. The van der Waals surface area contributed by atoms with Gasteiger partial charge in [0.05, 0.1) is 11.0 Å². The first-order valence-electron chi connectivity index (χ1n) is 13.0. The fourth-order valence-electron chi connectivity index (χ4n) is 4.76. The molecule has 0 saturated carbocycles. The van der Waals surface area contributed by atoms with E-state index in [0.717, 1.165) is 37.0 Å². The zero-order valence-electron chi connectivity index (χ0n) is 23.3. The number of rotatable bonds is 9. The summed E-state index contributed by atoms with van der Waals surface area (Å²) < 4.78 is 9.24. The second-order valence-corrected chi connectivity index (χ2v) is 10.3. The first kappa shape index (κ1) is 28.3. The van der Waals surface area contributed by atoms with Crippen LogP contribution < -0.4 is 4.74 Å². The molecule has 4 aromatic rings. The lowest BCUT2D eigenvalue weighted by atomic mass is 10.1. The lowest BCUT2D eigenvalue weighted by Gasteiger charge is -2.30. The average Bonchev–Trinajstić information content (AvgIpc) is 3.43. The number of aromatic hydroxyl groups is 1. The predicted molar refractivity (Wildman–Crippen MR) is 151 cm³/mol. The molecule has 200 valence electrons. The van der Waals surface area contributed by atoms with E-state index in [1.165, 1.54) is 18.1 Å². The van der Waals surface area contributed by atoms with Crippen LogP contribution in [0.2, 0.25) is 0 Å². The van der Waals surface area contributed by atoms with Gasteiger partial charge in [-0.05, 0) is 102 Å². The van der Waals surface area contributed by atoms with Gasteiger partial charge in [-0.3, -0.25) is 9.69 Å². The van der Waals surface area contributed by atoms with Crippen molar-refractivity contribution in [3.8, 4) is 11.5 Å². The summed E-state index contributed by atoms with van der Waals surface area (Å²) in [6, 6.07) is 12.6. The van der Waals surface area contributed by atoms with Crippen molar-refractivity contribution in [2.24, 2.45) is 0 Å². The Bertz CT molecular complexity index is 1290. The highest BCUT2D eigenvalue weighted by Gasteiger charge is 2.15. The zero-order valence-corrected chi connectivity index (χ0v) is 23.3. The van der Waals surface area contributed by atoms with Crippen LogP contribution in [0.25, 0.3) is 11.0 Å². The van der Waals surface area contributed by atoms with E-state index >= 15 is 0 Å². The molecule has 4 aromatic heterocycles. The van der Waals surface area contributed by atoms with Crippen LogP contribution in [0.1, 0.15) is 45.7 Å². The Balaban J connectivity index is 0.000000206. The minimum atomic E-state index is -0.289. The number of aromatic nitrogens is 2. The zero-order chi connectivity index (χ0) is 27.1. The number of nitrogens with zero attached hydrogens (tertiary/aromatic N) is 4. The molecule has 7 heteroatoms. The van der Waals surface area contributed by atoms with Gasteiger partial charge in [-0.2, -0.15) is 0 Å². The van der Waals surface area contributed by atoms with Crippen LogP contribution in [0, 0.1) is 0 Å². The molecule has 0 spiro atoms. The number of carbonyl (C=O) groups excluding carboxylic acids is 1. The maximum Gasteiger partial charge on any atom is 0.308 e. The highest BCUT2D eigenvalue weighted by molar-refractivity contribution is 5.75. The number of hydrogen-bond acceptors (Lipinski definition) is 5. The molecule has 0 radical (unpaired) electrons. The van der Waals surface area contributed by atoms with E-state index < -0.39 is 0 Å². The Kier molecular flexibility index (Phi) is 9.78. The van der Waals surface area contributed by atoms with Crippen LogP contribution in [0.4, 0.5) is 0 Å².